The average Bonchev–Trinajstić information content (AvgIpc) is 1.90. The van der Waals surface area contributed by atoms with Crippen molar-refractivity contribution in [3.05, 3.63) is 0 Å². The zero-order valence-corrected chi connectivity index (χ0v) is 9.43. The van der Waals surface area contributed by atoms with Gasteiger partial charge in [-0.25, -0.2) is 0 Å². The predicted octanol–water partition coefficient (Wildman–Crippen LogP) is 1.10. The Labute approximate surface area is 83.5 Å². The minimum Gasteiger partial charge on any atom is -0.330 e. The van der Waals surface area contributed by atoms with Gasteiger partial charge in [-0.15, -0.1) is 34.0 Å². The standard InChI is InChI=1S/C6H14N2.2BrH/c7-4-6-2-1-3-8-5-6;;/h6,8H,1-5,7H2;2*1H. The number of piperidine rings is 1. The highest BCUT2D eigenvalue weighted by atomic mass is 79.9. The van der Waals surface area contributed by atoms with Crippen molar-refractivity contribution in [2.24, 2.45) is 11.7 Å². The molecular weight excluding hydrogens is 260 g/mol. The lowest BCUT2D eigenvalue weighted by Gasteiger charge is -2.20. The third-order valence-corrected chi connectivity index (χ3v) is 1.73. The topological polar surface area (TPSA) is 38.0 Å². The number of hydrogen-bond donors (Lipinski definition) is 2. The van der Waals surface area contributed by atoms with E-state index in [4.69, 9.17) is 5.73 Å². The molecule has 1 saturated heterocycles. The molecule has 3 N–H and O–H groups in total. The highest BCUT2D eigenvalue weighted by Crippen LogP contribution is 2.06. The Morgan fingerprint density at radius 3 is 2.40 bits per heavy atom. The summed E-state index contributed by atoms with van der Waals surface area (Å²) in [5.74, 6) is 0.753. The second-order valence-corrected chi connectivity index (χ2v) is 2.45. The van der Waals surface area contributed by atoms with Crippen molar-refractivity contribution in [2.45, 2.75) is 12.8 Å². The molecule has 0 spiro atoms. The summed E-state index contributed by atoms with van der Waals surface area (Å²) in [6, 6.07) is 0. The van der Waals surface area contributed by atoms with E-state index in [-0.39, 0.29) is 34.0 Å². The maximum atomic E-state index is 5.46. The molecule has 0 saturated carbocycles. The minimum atomic E-state index is 0. The van der Waals surface area contributed by atoms with Crippen molar-refractivity contribution in [3.8, 4) is 0 Å². The van der Waals surface area contributed by atoms with Crippen molar-refractivity contribution in [1.29, 1.82) is 0 Å². The SMILES string of the molecule is Br.Br.NCC1CCCNC1. The van der Waals surface area contributed by atoms with Gasteiger partial charge in [0.2, 0.25) is 0 Å². The lowest BCUT2D eigenvalue weighted by molar-refractivity contribution is 0.385. The molecule has 2 nitrogen and oxygen atoms in total. The van der Waals surface area contributed by atoms with E-state index < -0.39 is 0 Å². The van der Waals surface area contributed by atoms with Gasteiger partial charge >= 0.3 is 0 Å². The number of halogens is 2. The summed E-state index contributed by atoms with van der Waals surface area (Å²) < 4.78 is 0. The van der Waals surface area contributed by atoms with Crippen LogP contribution in [0.3, 0.4) is 0 Å². The first-order chi connectivity index (χ1) is 3.93. The van der Waals surface area contributed by atoms with Gasteiger partial charge in [0.05, 0.1) is 0 Å². The van der Waals surface area contributed by atoms with Crippen LogP contribution < -0.4 is 11.1 Å². The van der Waals surface area contributed by atoms with Gasteiger partial charge in [-0.1, -0.05) is 0 Å². The second-order valence-electron chi connectivity index (χ2n) is 2.45. The highest BCUT2D eigenvalue weighted by Gasteiger charge is 2.09. The van der Waals surface area contributed by atoms with E-state index >= 15 is 0 Å². The van der Waals surface area contributed by atoms with E-state index in [0.717, 1.165) is 19.0 Å². The second kappa shape index (κ2) is 7.98. The van der Waals surface area contributed by atoms with Crippen LogP contribution >= 0.6 is 34.0 Å². The molecule has 0 bridgehead atoms. The fourth-order valence-corrected chi connectivity index (χ4v) is 1.13. The van der Waals surface area contributed by atoms with Crippen LogP contribution in [0.1, 0.15) is 12.8 Å². The molecule has 4 heteroatoms. The van der Waals surface area contributed by atoms with Gasteiger partial charge in [-0.2, -0.15) is 0 Å². The first kappa shape index (κ1) is 13.5. The first-order valence-electron chi connectivity index (χ1n) is 3.34. The average molecular weight is 276 g/mol. The van der Waals surface area contributed by atoms with Crippen molar-refractivity contribution in [2.75, 3.05) is 19.6 Å². The van der Waals surface area contributed by atoms with Crippen LogP contribution in [0.4, 0.5) is 0 Å². The smallest absolute Gasteiger partial charge is 0.000845 e. The van der Waals surface area contributed by atoms with Crippen molar-refractivity contribution in [3.63, 3.8) is 0 Å². The van der Waals surface area contributed by atoms with Crippen LogP contribution in [0.15, 0.2) is 0 Å². The Bertz CT molecular complexity index is 64.8. The molecule has 0 amide bonds. The predicted molar refractivity (Wildman–Crippen MR) is 55.3 cm³/mol. The number of nitrogens with two attached hydrogens (primary N) is 1. The third-order valence-electron chi connectivity index (χ3n) is 1.73. The molecule has 1 aliphatic rings. The van der Waals surface area contributed by atoms with Crippen LogP contribution in [0.5, 0.6) is 0 Å². The minimum absolute atomic E-state index is 0. The number of rotatable bonds is 1. The Kier molecular flexibility index (Phi) is 10.7. The summed E-state index contributed by atoms with van der Waals surface area (Å²) in [5.41, 5.74) is 5.46. The molecular formula is C6H16Br2N2. The molecule has 1 heterocycles. The number of nitrogens with one attached hydrogen (secondary N) is 1. The van der Waals surface area contributed by atoms with E-state index in [1.54, 1.807) is 0 Å². The van der Waals surface area contributed by atoms with E-state index in [9.17, 15) is 0 Å². The third kappa shape index (κ3) is 4.66. The molecule has 0 aromatic rings. The van der Waals surface area contributed by atoms with Crippen molar-refractivity contribution >= 4 is 34.0 Å². The monoisotopic (exact) mass is 274 g/mol. The molecule has 0 aromatic carbocycles. The molecule has 64 valence electrons. The van der Waals surface area contributed by atoms with Crippen molar-refractivity contribution in [1.82, 2.24) is 5.32 Å². The molecule has 0 radical (unpaired) electrons. The maximum Gasteiger partial charge on any atom is -0.000845 e. The zero-order chi connectivity index (χ0) is 5.82. The zero-order valence-electron chi connectivity index (χ0n) is 6.01. The van der Waals surface area contributed by atoms with Gasteiger partial charge in [0.1, 0.15) is 0 Å². The van der Waals surface area contributed by atoms with Crippen LogP contribution in [-0.4, -0.2) is 19.6 Å². The summed E-state index contributed by atoms with van der Waals surface area (Å²) in [5, 5.41) is 3.31. The number of hydrogen-bond acceptors (Lipinski definition) is 2. The molecule has 10 heavy (non-hydrogen) atoms. The van der Waals surface area contributed by atoms with Crippen LogP contribution in [0, 0.1) is 5.92 Å². The summed E-state index contributed by atoms with van der Waals surface area (Å²) in [4.78, 5) is 0. The fraction of sp³-hybridized carbons (Fsp3) is 1.00. The Hall–Kier alpha value is 0.880. The molecule has 0 aliphatic carbocycles. The lowest BCUT2D eigenvalue weighted by Crippen LogP contribution is -2.33. The molecule has 1 unspecified atom stereocenters. The maximum absolute atomic E-state index is 5.46. The van der Waals surface area contributed by atoms with Gasteiger partial charge in [0, 0.05) is 0 Å². The Morgan fingerprint density at radius 1 is 1.40 bits per heavy atom. The van der Waals surface area contributed by atoms with E-state index in [0.29, 0.717) is 0 Å². The summed E-state index contributed by atoms with van der Waals surface area (Å²) in [6.07, 6.45) is 2.63. The quantitative estimate of drug-likeness (QED) is 0.752. The van der Waals surface area contributed by atoms with Gasteiger partial charge in [0.25, 0.3) is 0 Å². The molecule has 0 aromatic heterocycles. The van der Waals surface area contributed by atoms with E-state index in [2.05, 4.69) is 5.32 Å². The van der Waals surface area contributed by atoms with Gasteiger partial charge in [-0.05, 0) is 38.4 Å². The normalized spacial score (nSPS) is 24.3. The van der Waals surface area contributed by atoms with Crippen molar-refractivity contribution < 1.29 is 0 Å². The van der Waals surface area contributed by atoms with Gasteiger partial charge in [-0.3, -0.25) is 0 Å². The van der Waals surface area contributed by atoms with Crippen LogP contribution in [-0.2, 0) is 0 Å². The summed E-state index contributed by atoms with van der Waals surface area (Å²) >= 11 is 0. The fourth-order valence-electron chi connectivity index (χ4n) is 1.13. The van der Waals surface area contributed by atoms with Gasteiger partial charge < -0.3 is 11.1 Å². The highest BCUT2D eigenvalue weighted by molar-refractivity contribution is 8.93. The molecule has 1 rings (SSSR count). The summed E-state index contributed by atoms with van der Waals surface area (Å²) in [7, 11) is 0. The largest absolute Gasteiger partial charge is 0.330 e. The van der Waals surface area contributed by atoms with E-state index in [1.165, 1.54) is 19.4 Å². The molecule has 1 aliphatic heterocycles. The van der Waals surface area contributed by atoms with E-state index in [1.807, 2.05) is 0 Å². The van der Waals surface area contributed by atoms with Crippen LogP contribution in [0.25, 0.3) is 0 Å². The lowest BCUT2D eigenvalue weighted by atomic mass is 10.0. The Balaban J connectivity index is 0. The first-order valence-corrected chi connectivity index (χ1v) is 3.34. The van der Waals surface area contributed by atoms with Crippen LogP contribution in [0.2, 0.25) is 0 Å². The summed E-state index contributed by atoms with van der Waals surface area (Å²) in [6.45, 7) is 3.18. The van der Waals surface area contributed by atoms with Gasteiger partial charge in [0.15, 0.2) is 0 Å². The molecule has 1 fully saturated rings. The Morgan fingerprint density at radius 2 is 2.10 bits per heavy atom. The molecule has 1 atom stereocenters.